The highest BCUT2D eigenvalue weighted by Crippen LogP contribution is 2.69. The van der Waals surface area contributed by atoms with Crippen molar-refractivity contribution in [2.24, 2.45) is 22.4 Å². The summed E-state index contributed by atoms with van der Waals surface area (Å²) in [7, 11) is 0. The normalized spacial score (nSPS) is 35.6. The molecule has 4 fully saturated rings. The number of hydrazone groups is 1. The number of hydrogen-bond donors (Lipinski definition) is 3. The molecule has 0 bridgehead atoms. The first-order valence-electron chi connectivity index (χ1n) is 15.4. The van der Waals surface area contributed by atoms with Crippen molar-refractivity contribution >= 4 is 11.7 Å². The molecule has 5 atom stereocenters. The second-order valence-electron chi connectivity index (χ2n) is 13.6. The van der Waals surface area contributed by atoms with Crippen LogP contribution in [0.25, 0.3) is 0 Å². The van der Waals surface area contributed by atoms with E-state index in [4.69, 9.17) is 6.42 Å². The molecule has 1 aromatic rings. The van der Waals surface area contributed by atoms with Crippen LogP contribution in [0.15, 0.2) is 52.2 Å². The van der Waals surface area contributed by atoms with E-state index in [9.17, 15) is 9.90 Å². The minimum atomic E-state index is -3.59. The minimum absolute atomic E-state index is 0.0198. The van der Waals surface area contributed by atoms with E-state index in [1.165, 1.54) is 35.1 Å². The zero-order chi connectivity index (χ0) is 28.6. The predicted octanol–water partition coefficient (Wildman–Crippen LogP) is 6.71. The van der Waals surface area contributed by atoms with Gasteiger partial charge in [0.2, 0.25) is 0 Å². The first-order valence-corrected chi connectivity index (χ1v) is 15.4. The van der Waals surface area contributed by atoms with Crippen LogP contribution < -0.4 is 10.7 Å². The first kappa shape index (κ1) is 26.9. The molecule has 6 aliphatic rings. The van der Waals surface area contributed by atoms with E-state index in [1.807, 2.05) is 6.92 Å². The van der Waals surface area contributed by atoms with Crippen molar-refractivity contribution in [3.05, 3.63) is 58.2 Å². The van der Waals surface area contributed by atoms with Crippen molar-refractivity contribution in [1.29, 1.82) is 0 Å². The molecule has 7 heteroatoms. The Morgan fingerprint density at radius 2 is 1.80 bits per heavy atom. The maximum Gasteiger partial charge on any atom is 0.336 e. The Kier molecular flexibility index (Phi) is 6.25. The fourth-order valence-corrected chi connectivity index (χ4v) is 8.68. The molecule has 0 radical (unpaired) electrons. The Balaban J connectivity index is 1.27. The van der Waals surface area contributed by atoms with E-state index in [0.717, 1.165) is 43.4 Å². The van der Waals surface area contributed by atoms with Gasteiger partial charge in [-0.1, -0.05) is 36.8 Å². The third-order valence-corrected chi connectivity index (χ3v) is 11.2. The third kappa shape index (κ3) is 4.36. The molecular weight excluding hydrogens is 520 g/mol. The van der Waals surface area contributed by atoms with Crippen molar-refractivity contribution in [2.45, 2.75) is 107 Å². The topological polar surface area (TPSA) is 73.7 Å². The van der Waals surface area contributed by atoms with Gasteiger partial charge in [-0.3, -0.25) is 0 Å². The van der Waals surface area contributed by atoms with E-state index < -0.39 is 16.9 Å². The first-order chi connectivity index (χ1) is 19.6. The average Bonchev–Trinajstić information content (AvgIpc) is 3.91. The van der Waals surface area contributed by atoms with Gasteiger partial charge in [-0.2, -0.15) is 13.9 Å². The van der Waals surface area contributed by atoms with Gasteiger partial charge in [0.1, 0.15) is 5.60 Å². The molecule has 7 rings (SSSR count). The van der Waals surface area contributed by atoms with Crippen LogP contribution in [0.3, 0.4) is 0 Å². The highest BCUT2D eigenvalue weighted by atomic mass is 19.3. The third-order valence-electron chi connectivity index (χ3n) is 11.2. The largest absolute Gasteiger partial charge is 0.382 e. The van der Waals surface area contributed by atoms with Crippen LogP contribution in [0, 0.1) is 29.6 Å². The number of halogens is 2. The molecule has 0 saturated heterocycles. The number of alkyl halides is 2. The fraction of sp³-hybridized carbons (Fsp3) is 0.588. The van der Waals surface area contributed by atoms with Crippen molar-refractivity contribution in [3.63, 3.8) is 0 Å². The summed E-state index contributed by atoms with van der Waals surface area (Å²) >= 11 is 0. The van der Waals surface area contributed by atoms with Gasteiger partial charge in [-0.05, 0) is 123 Å². The zero-order valence-corrected chi connectivity index (χ0v) is 23.7. The fourth-order valence-electron chi connectivity index (χ4n) is 8.68. The number of amides is 2. The number of carbonyl (C=O) groups is 1. The molecule has 0 heterocycles. The van der Waals surface area contributed by atoms with E-state index in [0.29, 0.717) is 25.2 Å². The van der Waals surface area contributed by atoms with Gasteiger partial charge in [0.25, 0.3) is 0 Å². The Morgan fingerprint density at radius 3 is 2.49 bits per heavy atom. The number of terminal acetylenes is 1. The van der Waals surface area contributed by atoms with E-state index in [2.05, 4.69) is 46.2 Å². The molecule has 41 heavy (non-hydrogen) atoms. The number of nitrogens with one attached hydrogen (secondary N) is 2. The Hall–Kier alpha value is -2.98. The van der Waals surface area contributed by atoms with Gasteiger partial charge in [0.05, 0.1) is 5.71 Å². The molecule has 2 amide bonds. The highest BCUT2D eigenvalue weighted by molar-refractivity contribution is 5.98. The number of carbonyl (C=O) groups excluding carboxylic acids is 1. The van der Waals surface area contributed by atoms with E-state index >= 15 is 8.78 Å². The molecule has 0 spiro atoms. The van der Waals surface area contributed by atoms with Crippen LogP contribution in [-0.4, -0.2) is 34.4 Å². The van der Waals surface area contributed by atoms with Crippen LogP contribution in [0.1, 0.15) is 101 Å². The number of benzene rings is 1. The number of hydrogen-bond acceptors (Lipinski definition) is 3. The molecule has 6 aliphatic carbocycles. The van der Waals surface area contributed by atoms with Crippen LogP contribution in [-0.2, 0) is 0 Å². The number of aliphatic hydroxyl groups is 1. The summed E-state index contributed by atoms with van der Waals surface area (Å²) in [4.78, 5) is 12.1. The number of rotatable bonds is 5. The Morgan fingerprint density at radius 1 is 1.07 bits per heavy atom. The molecular formula is C34H39F2N3O2. The summed E-state index contributed by atoms with van der Waals surface area (Å²) in [6.07, 6.45) is 16.2. The number of allylic oxidation sites excluding steroid dienone is 4. The van der Waals surface area contributed by atoms with Crippen molar-refractivity contribution in [1.82, 2.24) is 10.7 Å². The Bertz CT molecular complexity index is 1400. The summed E-state index contributed by atoms with van der Waals surface area (Å²) in [5, 5.41) is 19.0. The van der Waals surface area contributed by atoms with Crippen LogP contribution in [0.4, 0.5) is 13.6 Å². The smallest absolute Gasteiger partial charge is 0.336 e. The van der Waals surface area contributed by atoms with Gasteiger partial charge in [-0.15, -0.1) is 6.42 Å². The SMILES string of the molecule is C#CC(F)(F)[C@]1(O)CC[C@H]2[C@@H]3CCC4=C/C(=N\NC(=O)NC5CC5)CCC4=C3[C@@H](c3ccc(C4CC4)cc3)C[C@@]21C. The quantitative estimate of drug-likeness (QED) is 0.277. The summed E-state index contributed by atoms with van der Waals surface area (Å²) in [5.74, 6) is -1.27. The number of urea groups is 1. The summed E-state index contributed by atoms with van der Waals surface area (Å²) in [6.45, 7) is 1.87. The van der Waals surface area contributed by atoms with Gasteiger partial charge >= 0.3 is 12.0 Å². The second-order valence-corrected chi connectivity index (χ2v) is 13.6. The molecule has 0 unspecified atom stereocenters. The predicted molar refractivity (Wildman–Crippen MR) is 155 cm³/mol. The van der Waals surface area contributed by atoms with Crippen molar-refractivity contribution in [2.75, 3.05) is 0 Å². The summed E-state index contributed by atoms with van der Waals surface area (Å²) in [5.41, 5.74) is 6.73. The monoisotopic (exact) mass is 559 g/mol. The van der Waals surface area contributed by atoms with E-state index in [-0.39, 0.29) is 36.2 Å². The maximum absolute atomic E-state index is 15.3. The maximum atomic E-state index is 15.3. The van der Waals surface area contributed by atoms with Gasteiger partial charge in [-0.25, -0.2) is 10.2 Å². The lowest BCUT2D eigenvalue weighted by Crippen LogP contribution is -2.60. The lowest BCUT2D eigenvalue weighted by Gasteiger charge is -2.55. The molecule has 5 nitrogen and oxygen atoms in total. The minimum Gasteiger partial charge on any atom is -0.382 e. The molecule has 1 aromatic carbocycles. The number of nitrogens with zero attached hydrogens (tertiary/aromatic N) is 1. The van der Waals surface area contributed by atoms with Gasteiger partial charge in [0, 0.05) is 17.4 Å². The van der Waals surface area contributed by atoms with E-state index in [1.54, 1.807) is 5.92 Å². The lowest BCUT2D eigenvalue weighted by atomic mass is 9.50. The molecule has 0 aliphatic heterocycles. The molecule has 3 N–H and O–H groups in total. The number of fused-ring (bicyclic) bond motifs is 4. The zero-order valence-electron chi connectivity index (χ0n) is 23.7. The molecule has 0 aromatic heterocycles. The lowest BCUT2D eigenvalue weighted by molar-refractivity contribution is -0.209. The van der Waals surface area contributed by atoms with Crippen molar-refractivity contribution < 1.29 is 18.7 Å². The van der Waals surface area contributed by atoms with Crippen LogP contribution in [0.2, 0.25) is 0 Å². The standard InChI is InChI=1S/C34H39F2N3O2/c1-3-34(35,36)33(41)17-16-29-27-14-10-23-18-25(38-39-31(40)37-24-11-12-24)13-15-26(23)30(27)28(19-32(29,33)2)22-8-6-21(7-9-22)20-4-5-20/h1,6-9,18,20,24,27-29,41H,4-5,10-17,19H2,2H3,(H2,37,39,40)/b38-25-/t27-,28+,29-,32-,33-/m0/s1. The summed E-state index contributed by atoms with van der Waals surface area (Å²) in [6, 6.07) is 8.81. The van der Waals surface area contributed by atoms with Crippen molar-refractivity contribution in [3.8, 4) is 12.3 Å². The molecule has 4 saturated carbocycles. The highest BCUT2D eigenvalue weighted by Gasteiger charge is 2.71. The Labute approximate surface area is 240 Å². The van der Waals surface area contributed by atoms with Crippen LogP contribution >= 0.6 is 0 Å². The van der Waals surface area contributed by atoms with Crippen LogP contribution in [0.5, 0.6) is 0 Å². The average molecular weight is 560 g/mol. The summed E-state index contributed by atoms with van der Waals surface area (Å²) < 4.78 is 30.6. The molecule has 216 valence electrons. The van der Waals surface area contributed by atoms with Gasteiger partial charge < -0.3 is 10.4 Å². The second kappa shape index (κ2) is 9.52. The van der Waals surface area contributed by atoms with Gasteiger partial charge in [0.15, 0.2) is 0 Å².